The molecule has 8 heteroatoms. The fourth-order valence-electron chi connectivity index (χ4n) is 3.52. The predicted molar refractivity (Wildman–Crippen MR) is 108 cm³/mol. The van der Waals surface area contributed by atoms with Crippen molar-refractivity contribution >= 4 is 29.3 Å². The highest BCUT2D eigenvalue weighted by Crippen LogP contribution is 2.34. The molecule has 1 N–H and O–H groups in total. The lowest BCUT2D eigenvalue weighted by Crippen LogP contribution is -2.45. The number of thioether (sulfide) groups is 1. The number of hydrogen-bond acceptors (Lipinski definition) is 3. The maximum absolute atomic E-state index is 13.3. The molecular weight excluding hydrogens is 401 g/mol. The van der Waals surface area contributed by atoms with Crippen molar-refractivity contribution in [1.29, 1.82) is 0 Å². The van der Waals surface area contributed by atoms with E-state index >= 15 is 0 Å². The van der Waals surface area contributed by atoms with Gasteiger partial charge in [0.25, 0.3) is 5.91 Å². The van der Waals surface area contributed by atoms with Gasteiger partial charge in [-0.15, -0.1) is 11.8 Å². The molecule has 2 amide bonds. The van der Waals surface area contributed by atoms with Crippen LogP contribution >= 0.6 is 11.8 Å². The summed E-state index contributed by atoms with van der Waals surface area (Å²) < 4.78 is 39.9. The molecule has 2 aromatic carbocycles. The molecule has 0 bridgehead atoms. The summed E-state index contributed by atoms with van der Waals surface area (Å²) in [5.74, 6) is -0.701. The highest BCUT2D eigenvalue weighted by molar-refractivity contribution is 7.99. The molecule has 1 fully saturated rings. The molecule has 2 aromatic rings. The Kier molecular flexibility index (Phi) is 5.93. The van der Waals surface area contributed by atoms with Crippen LogP contribution in [0.3, 0.4) is 0 Å². The highest BCUT2D eigenvalue weighted by atomic mass is 32.2. The summed E-state index contributed by atoms with van der Waals surface area (Å²) in [5, 5.41) is 2.86. The monoisotopic (exact) mass is 422 g/mol. The Morgan fingerprint density at radius 2 is 1.72 bits per heavy atom. The van der Waals surface area contributed by atoms with Crippen LogP contribution in [0.15, 0.2) is 36.4 Å². The van der Waals surface area contributed by atoms with E-state index in [1.165, 1.54) is 28.8 Å². The summed E-state index contributed by atoms with van der Waals surface area (Å²) in [6, 6.07) is 7.70. The van der Waals surface area contributed by atoms with E-state index in [-0.39, 0.29) is 5.88 Å². The van der Waals surface area contributed by atoms with Crippen molar-refractivity contribution in [3.8, 4) is 0 Å². The molecule has 0 spiro atoms. The molecule has 0 radical (unpaired) electrons. The zero-order valence-electron chi connectivity index (χ0n) is 16.3. The maximum Gasteiger partial charge on any atom is 0.417 e. The third-order valence-electron chi connectivity index (χ3n) is 4.83. The summed E-state index contributed by atoms with van der Waals surface area (Å²) in [7, 11) is 0. The van der Waals surface area contributed by atoms with Crippen LogP contribution in [-0.2, 0) is 11.0 Å². The Morgan fingerprint density at radius 1 is 1.10 bits per heavy atom. The SMILES string of the molecule is Cc1cc(C)c(NC(=O)C2CSCN2C(=O)c2ccccc2C(F)(F)F)c(C)c1. The van der Waals surface area contributed by atoms with Gasteiger partial charge in [0.05, 0.1) is 17.0 Å². The first-order chi connectivity index (χ1) is 13.6. The summed E-state index contributed by atoms with van der Waals surface area (Å²) in [5.41, 5.74) is 2.08. The summed E-state index contributed by atoms with van der Waals surface area (Å²) >= 11 is 1.34. The molecule has 1 unspecified atom stereocenters. The highest BCUT2D eigenvalue weighted by Gasteiger charge is 2.40. The van der Waals surface area contributed by atoms with E-state index < -0.39 is 35.2 Å². The minimum Gasteiger partial charge on any atom is -0.324 e. The standard InChI is InChI=1S/C21H21F3N2O2S/c1-12-8-13(2)18(14(3)9-12)25-19(27)17-10-29-11-26(17)20(28)15-6-4-5-7-16(15)21(22,23)24/h4-9,17H,10-11H2,1-3H3,(H,25,27). The third kappa shape index (κ3) is 4.42. The van der Waals surface area contributed by atoms with Crippen LogP contribution in [0.25, 0.3) is 0 Å². The number of halogens is 3. The number of nitrogens with one attached hydrogen (secondary N) is 1. The number of anilines is 1. The molecule has 0 saturated carbocycles. The molecular formula is C21H21F3N2O2S. The number of nitrogens with zero attached hydrogens (tertiary/aromatic N) is 1. The van der Waals surface area contributed by atoms with Crippen molar-refractivity contribution in [3.05, 3.63) is 64.2 Å². The lowest BCUT2D eigenvalue weighted by Gasteiger charge is -2.25. The zero-order chi connectivity index (χ0) is 21.3. The molecule has 1 saturated heterocycles. The van der Waals surface area contributed by atoms with Crippen molar-refractivity contribution in [3.63, 3.8) is 0 Å². The topological polar surface area (TPSA) is 49.4 Å². The van der Waals surface area contributed by atoms with Crippen molar-refractivity contribution in [2.45, 2.75) is 33.0 Å². The van der Waals surface area contributed by atoms with Crippen molar-refractivity contribution in [2.75, 3.05) is 16.9 Å². The molecule has 4 nitrogen and oxygen atoms in total. The Morgan fingerprint density at radius 3 is 2.34 bits per heavy atom. The van der Waals surface area contributed by atoms with Crippen LogP contribution in [0.2, 0.25) is 0 Å². The van der Waals surface area contributed by atoms with Crippen LogP contribution in [-0.4, -0.2) is 34.4 Å². The Balaban J connectivity index is 1.86. The number of hydrogen-bond donors (Lipinski definition) is 1. The number of alkyl halides is 3. The van der Waals surface area contributed by atoms with E-state index in [1.807, 2.05) is 32.9 Å². The molecule has 0 aliphatic carbocycles. The van der Waals surface area contributed by atoms with Gasteiger partial charge < -0.3 is 10.2 Å². The molecule has 1 heterocycles. The largest absolute Gasteiger partial charge is 0.417 e. The molecule has 1 aliphatic rings. The van der Waals surface area contributed by atoms with Crippen LogP contribution in [0.4, 0.5) is 18.9 Å². The lowest BCUT2D eigenvalue weighted by atomic mass is 10.0. The summed E-state index contributed by atoms with van der Waals surface area (Å²) in [6.45, 7) is 5.71. The maximum atomic E-state index is 13.3. The molecule has 0 aromatic heterocycles. The van der Waals surface area contributed by atoms with Gasteiger partial charge in [-0.2, -0.15) is 13.2 Å². The second-order valence-electron chi connectivity index (χ2n) is 7.10. The van der Waals surface area contributed by atoms with Gasteiger partial charge >= 0.3 is 6.18 Å². The smallest absolute Gasteiger partial charge is 0.324 e. The van der Waals surface area contributed by atoms with Gasteiger partial charge in [-0.25, -0.2) is 0 Å². The van der Waals surface area contributed by atoms with Crippen LogP contribution in [0.1, 0.15) is 32.6 Å². The van der Waals surface area contributed by atoms with E-state index in [9.17, 15) is 22.8 Å². The Bertz CT molecular complexity index is 936. The number of amides is 2. The van der Waals surface area contributed by atoms with E-state index in [4.69, 9.17) is 0 Å². The number of rotatable bonds is 3. The van der Waals surface area contributed by atoms with E-state index in [0.717, 1.165) is 28.8 Å². The first-order valence-electron chi connectivity index (χ1n) is 9.03. The van der Waals surface area contributed by atoms with E-state index in [2.05, 4.69) is 5.32 Å². The first kappa shape index (κ1) is 21.2. The Hall–Kier alpha value is -2.48. The van der Waals surface area contributed by atoms with Crippen molar-refractivity contribution in [2.24, 2.45) is 0 Å². The number of benzene rings is 2. The Labute approximate surface area is 171 Å². The summed E-state index contributed by atoms with van der Waals surface area (Å²) in [6.07, 6.45) is -4.65. The third-order valence-corrected chi connectivity index (χ3v) is 5.85. The minimum absolute atomic E-state index is 0.162. The van der Waals surface area contributed by atoms with Gasteiger partial charge in [0.1, 0.15) is 6.04 Å². The van der Waals surface area contributed by atoms with Gasteiger partial charge in [0.2, 0.25) is 5.91 Å². The fraction of sp³-hybridized carbons (Fsp3) is 0.333. The number of carbonyl (C=O) groups excluding carboxylic acids is 2. The first-order valence-corrected chi connectivity index (χ1v) is 10.2. The second-order valence-corrected chi connectivity index (χ2v) is 8.10. The van der Waals surface area contributed by atoms with Gasteiger partial charge in [-0.3, -0.25) is 9.59 Å². The van der Waals surface area contributed by atoms with E-state index in [0.29, 0.717) is 11.4 Å². The second kappa shape index (κ2) is 8.10. The molecule has 29 heavy (non-hydrogen) atoms. The average Bonchev–Trinajstić information content (AvgIpc) is 3.13. The van der Waals surface area contributed by atoms with Crippen LogP contribution < -0.4 is 5.32 Å². The van der Waals surface area contributed by atoms with E-state index in [1.54, 1.807) is 0 Å². The van der Waals surface area contributed by atoms with Crippen LogP contribution in [0, 0.1) is 20.8 Å². The normalized spacial score (nSPS) is 16.8. The zero-order valence-corrected chi connectivity index (χ0v) is 17.1. The average molecular weight is 422 g/mol. The molecule has 1 atom stereocenters. The van der Waals surface area contributed by atoms with Gasteiger partial charge in [-0.05, 0) is 44.0 Å². The van der Waals surface area contributed by atoms with Crippen LogP contribution in [0.5, 0.6) is 0 Å². The van der Waals surface area contributed by atoms with Crippen molar-refractivity contribution in [1.82, 2.24) is 4.90 Å². The fourth-order valence-corrected chi connectivity index (χ4v) is 4.67. The van der Waals surface area contributed by atoms with Gasteiger partial charge in [0, 0.05) is 11.4 Å². The van der Waals surface area contributed by atoms with Crippen molar-refractivity contribution < 1.29 is 22.8 Å². The predicted octanol–water partition coefficient (Wildman–Crippen LogP) is 4.78. The number of aryl methyl sites for hydroxylation is 3. The number of carbonyl (C=O) groups is 2. The summed E-state index contributed by atoms with van der Waals surface area (Å²) in [4.78, 5) is 27.0. The molecule has 3 rings (SSSR count). The quantitative estimate of drug-likeness (QED) is 0.774. The molecule has 1 aliphatic heterocycles. The molecule has 154 valence electrons. The van der Waals surface area contributed by atoms with Gasteiger partial charge in [-0.1, -0.05) is 29.8 Å². The van der Waals surface area contributed by atoms with Gasteiger partial charge in [0.15, 0.2) is 0 Å². The lowest BCUT2D eigenvalue weighted by molar-refractivity contribution is -0.138. The minimum atomic E-state index is -4.65.